The molecule has 0 aliphatic rings. The van der Waals surface area contributed by atoms with Crippen molar-refractivity contribution in [3.63, 3.8) is 0 Å². The van der Waals surface area contributed by atoms with E-state index in [9.17, 15) is 19.5 Å². The molecule has 0 bridgehead atoms. The van der Waals surface area contributed by atoms with Gasteiger partial charge >= 0.3 is 23.9 Å². The highest BCUT2D eigenvalue weighted by atomic mass is 16.8. The van der Waals surface area contributed by atoms with E-state index in [4.69, 9.17) is 14.6 Å². The normalized spacial score (nSPS) is 15.4. The lowest BCUT2D eigenvalue weighted by molar-refractivity contribution is -0.343. The van der Waals surface area contributed by atoms with Crippen molar-refractivity contribution < 1.29 is 34.1 Å². The van der Waals surface area contributed by atoms with E-state index in [1.165, 1.54) is 24.3 Å². The Kier molecular flexibility index (Phi) is 6.87. The minimum atomic E-state index is -2.55. The zero-order chi connectivity index (χ0) is 19.2. The van der Waals surface area contributed by atoms with Gasteiger partial charge in [0.25, 0.3) is 0 Å². The van der Waals surface area contributed by atoms with Crippen LogP contribution in [0.15, 0.2) is 36.9 Å². The van der Waals surface area contributed by atoms with Crippen molar-refractivity contribution >= 4 is 17.9 Å². The van der Waals surface area contributed by atoms with Crippen LogP contribution >= 0.6 is 0 Å². The van der Waals surface area contributed by atoms with Crippen LogP contribution in [0.3, 0.4) is 0 Å². The molecular formula is C18H22O7. The number of carbonyl (C=O) groups excluding carboxylic acids is 2. The molecule has 0 radical (unpaired) electrons. The number of hydrogen-bond acceptors (Lipinski definition) is 6. The average Bonchev–Trinajstić information content (AvgIpc) is 2.59. The van der Waals surface area contributed by atoms with Gasteiger partial charge in [-0.25, -0.2) is 14.4 Å². The molecule has 0 aromatic heterocycles. The summed E-state index contributed by atoms with van der Waals surface area (Å²) >= 11 is 0. The van der Waals surface area contributed by atoms with Gasteiger partial charge in [-0.15, -0.1) is 0 Å². The topological polar surface area (TPSA) is 110 Å². The van der Waals surface area contributed by atoms with E-state index < -0.39 is 29.8 Å². The molecule has 0 amide bonds. The number of carboxylic acid groups (broad SMARTS) is 1. The summed E-state index contributed by atoms with van der Waals surface area (Å²) in [6.07, 6.45) is 1.45. The summed E-state index contributed by atoms with van der Waals surface area (Å²) < 4.78 is 9.91. The van der Waals surface area contributed by atoms with Gasteiger partial charge in [-0.1, -0.05) is 45.9 Å². The average molecular weight is 350 g/mol. The Balaban J connectivity index is 3.21. The molecule has 0 heterocycles. The van der Waals surface area contributed by atoms with Gasteiger partial charge in [0.05, 0.1) is 17.0 Å². The largest absolute Gasteiger partial charge is 0.478 e. The monoisotopic (exact) mass is 350 g/mol. The maximum atomic E-state index is 12.4. The van der Waals surface area contributed by atoms with E-state index >= 15 is 0 Å². The number of aliphatic hydroxyl groups is 1. The molecule has 0 spiro atoms. The van der Waals surface area contributed by atoms with Gasteiger partial charge < -0.3 is 19.7 Å². The SMILES string of the molecule is C=CC(=O)OC(O)(OC(=O)c1ccccc1C(=O)O)C(C)C(C)CC. The number of rotatable bonds is 8. The fraction of sp³-hybridized carbons (Fsp3) is 0.389. The highest BCUT2D eigenvalue weighted by Crippen LogP contribution is 2.31. The van der Waals surface area contributed by atoms with Crippen molar-refractivity contribution in [1.29, 1.82) is 0 Å². The van der Waals surface area contributed by atoms with Crippen molar-refractivity contribution in [1.82, 2.24) is 0 Å². The van der Waals surface area contributed by atoms with Gasteiger partial charge in [0.2, 0.25) is 0 Å². The predicted molar refractivity (Wildman–Crippen MR) is 88.7 cm³/mol. The number of esters is 2. The molecule has 136 valence electrons. The van der Waals surface area contributed by atoms with E-state index in [-0.39, 0.29) is 17.0 Å². The van der Waals surface area contributed by atoms with Crippen LogP contribution in [-0.2, 0) is 14.3 Å². The molecule has 1 aromatic rings. The fourth-order valence-electron chi connectivity index (χ4n) is 2.14. The van der Waals surface area contributed by atoms with Crippen molar-refractivity contribution in [2.24, 2.45) is 11.8 Å². The minimum Gasteiger partial charge on any atom is -0.478 e. The summed E-state index contributed by atoms with van der Waals surface area (Å²) in [6, 6.07) is 5.38. The summed E-state index contributed by atoms with van der Waals surface area (Å²) in [6.45, 7) is 8.44. The molecule has 0 saturated heterocycles. The molecule has 0 aliphatic carbocycles. The number of carboxylic acids is 1. The van der Waals surface area contributed by atoms with Crippen molar-refractivity contribution in [3.8, 4) is 0 Å². The first-order valence-corrected chi connectivity index (χ1v) is 7.79. The van der Waals surface area contributed by atoms with Crippen LogP contribution in [0.4, 0.5) is 0 Å². The summed E-state index contributed by atoms with van der Waals surface area (Å²) in [5.41, 5.74) is -0.555. The third-order valence-electron chi connectivity index (χ3n) is 4.10. The molecule has 3 unspecified atom stereocenters. The van der Waals surface area contributed by atoms with Gasteiger partial charge in [0.15, 0.2) is 0 Å². The minimum absolute atomic E-state index is 0.162. The number of aromatic carboxylic acids is 1. The van der Waals surface area contributed by atoms with Gasteiger partial charge in [-0.2, -0.15) is 0 Å². The molecule has 0 fully saturated rings. The first-order valence-electron chi connectivity index (χ1n) is 7.79. The molecule has 2 N–H and O–H groups in total. The molecule has 1 aromatic carbocycles. The highest BCUT2D eigenvalue weighted by molar-refractivity contribution is 6.02. The standard InChI is InChI=1S/C18H22O7/c1-5-11(3)12(4)18(23,24-15(19)6-2)25-17(22)14-10-8-7-9-13(14)16(20)21/h6-12,23H,2,5H2,1,3-4H3,(H,20,21). The van der Waals surface area contributed by atoms with Crippen LogP contribution < -0.4 is 0 Å². The second kappa shape index (κ2) is 8.43. The van der Waals surface area contributed by atoms with Crippen LogP contribution in [0, 0.1) is 11.8 Å². The van der Waals surface area contributed by atoms with E-state index in [0.29, 0.717) is 6.42 Å². The molecule has 0 aliphatic heterocycles. The van der Waals surface area contributed by atoms with Crippen LogP contribution in [0.1, 0.15) is 47.9 Å². The lowest BCUT2D eigenvalue weighted by Gasteiger charge is -2.34. The van der Waals surface area contributed by atoms with Crippen LogP contribution in [0.5, 0.6) is 0 Å². The van der Waals surface area contributed by atoms with E-state index in [1.54, 1.807) is 13.8 Å². The Morgan fingerprint density at radius 3 is 2.24 bits per heavy atom. The maximum absolute atomic E-state index is 12.4. The number of carbonyl (C=O) groups is 3. The fourth-order valence-corrected chi connectivity index (χ4v) is 2.14. The first-order chi connectivity index (χ1) is 11.7. The molecule has 0 saturated carbocycles. The Bertz CT molecular complexity index is 667. The van der Waals surface area contributed by atoms with Crippen LogP contribution in [-0.4, -0.2) is 34.1 Å². The molecule has 7 nitrogen and oxygen atoms in total. The van der Waals surface area contributed by atoms with Crippen molar-refractivity contribution in [2.75, 3.05) is 0 Å². The van der Waals surface area contributed by atoms with Crippen molar-refractivity contribution in [3.05, 3.63) is 48.0 Å². The Hall–Kier alpha value is -2.67. The van der Waals surface area contributed by atoms with Gasteiger partial charge in [0, 0.05) is 6.08 Å². The first kappa shape index (κ1) is 20.4. The van der Waals surface area contributed by atoms with E-state index in [1.807, 2.05) is 6.92 Å². The Labute approximate surface area is 145 Å². The molecule has 7 heteroatoms. The number of benzene rings is 1. The second-order valence-electron chi connectivity index (χ2n) is 5.67. The Morgan fingerprint density at radius 1 is 1.20 bits per heavy atom. The third kappa shape index (κ3) is 4.90. The summed E-state index contributed by atoms with van der Waals surface area (Å²) in [5.74, 6) is -6.89. The van der Waals surface area contributed by atoms with Gasteiger partial charge in [-0.3, -0.25) is 0 Å². The van der Waals surface area contributed by atoms with Crippen LogP contribution in [0.2, 0.25) is 0 Å². The molecule has 1 rings (SSSR count). The third-order valence-corrected chi connectivity index (χ3v) is 4.10. The number of hydrogen-bond donors (Lipinski definition) is 2. The second-order valence-corrected chi connectivity index (χ2v) is 5.67. The van der Waals surface area contributed by atoms with Gasteiger partial charge in [-0.05, 0) is 18.1 Å². The number of ether oxygens (including phenoxy) is 2. The lowest BCUT2D eigenvalue weighted by atomic mass is 9.91. The smallest absolute Gasteiger partial charge is 0.376 e. The lowest BCUT2D eigenvalue weighted by Crippen LogP contribution is -2.47. The van der Waals surface area contributed by atoms with E-state index in [2.05, 4.69) is 6.58 Å². The molecule has 3 atom stereocenters. The molecule has 25 heavy (non-hydrogen) atoms. The quantitative estimate of drug-likeness (QED) is 0.421. The van der Waals surface area contributed by atoms with Crippen molar-refractivity contribution in [2.45, 2.75) is 33.2 Å². The van der Waals surface area contributed by atoms with Crippen LogP contribution in [0.25, 0.3) is 0 Å². The predicted octanol–water partition coefficient (Wildman–Crippen LogP) is 2.60. The van der Waals surface area contributed by atoms with E-state index in [0.717, 1.165) is 6.08 Å². The molecular weight excluding hydrogens is 328 g/mol. The zero-order valence-corrected chi connectivity index (χ0v) is 14.4. The Morgan fingerprint density at radius 2 is 1.76 bits per heavy atom. The summed E-state index contributed by atoms with van der Waals surface area (Å²) in [7, 11) is 0. The summed E-state index contributed by atoms with van der Waals surface area (Å²) in [4.78, 5) is 35.2. The highest BCUT2D eigenvalue weighted by Gasteiger charge is 2.45. The van der Waals surface area contributed by atoms with Gasteiger partial charge in [0.1, 0.15) is 0 Å². The summed E-state index contributed by atoms with van der Waals surface area (Å²) in [5, 5.41) is 19.8. The maximum Gasteiger partial charge on any atom is 0.376 e. The zero-order valence-electron chi connectivity index (χ0n) is 14.4.